The quantitative estimate of drug-likeness (QED) is 0.723. The molecule has 1 amide bonds. The van der Waals surface area contributed by atoms with Gasteiger partial charge < -0.3 is 14.7 Å². The predicted molar refractivity (Wildman–Crippen MR) is 90.9 cm³/mol. The van der Waals surface area contributed by atoms with Gasteiger partial charge in [-0.25, -0.2) is 18.4 Å². The summed E-state index contributed by atoms with van der Waals surface area (Å²) in [6.45, 7) is 3.62. The van der Waals surface area contributed by atoms with Crippen LogP contribution < -0.4 is 4.90 Å². The molecule has 8 nitrogen and oxygen atoms in total. The van der Waals surface area contributed by atoms with Crippen LogP contribution in [0.3, 0.4) is 0 Å². The van der Waals surface area contributed by atoms with E-state index in [9.17, 15) is 13.2 Å². The van der Waals surface area contributed by atoms with Crippen molar-refractivity contribution in [2.24, 2.45) is 0 Å². The monoisotopic (exact) mass is 353 g/mol. The van der Waals surface area contributed by atoms with Gasteiger partial charge in [-0.2, -0.15) is 0 Å². The number of sulfone groups is 1. The molecule has 1 unspecified atom stereocenters. The molecule has 0 radical (unpaired) electrons. The van der Waals surface area contributed by atoms with Crippen LogP contribution in [-0.4, -0.2) is 91.9 Å². The summed E-state index contributed by atoms with van der Waals surface area (Å²) in [6, 6.07) is 1.43. The second kappa shape index (κ2) is 6.64. The Morgan fingerprint density at radius 2 is 1.96 bits per heavy atom. The molecule has 2 saturated heterocycles. The third-order valence-corrected chi connectivity index (χ3v) is 6.53. The van der Waals surface area contributed by atoms with Gasteiger partial charge in [-0.1, -0.05) is 0 Å². The second-order valence-electron chi connectivity index (χ2n) is 6.52. The number of amides is 1. The van der Waals surface area contributed by atoms with E-state index in [1.54, 1.807) is 13.1 Å². The summed E-state index contributed by atoms with van der Waals surface area (Å²) < 4.78 is 23.2. The number of carbonyl (C=O) groups excluding carboxylic acids is 1. The maximum absolute atomic E-state index is 12.6. The molecule has 3 heterocycles. The molecule has 2 aliphatic rings. The van der Waals surface area contributed by atoms with Gasteiger partial charge in [0.25, 0.3) is 5.91 Å². The second-order valence-corrected chi connectivity index (χ2v) is 8.75. The fraction of sp³-hybridized carbons (Fsp3) is 0.667. The summed E-state index contributed by atoms with van der Waals surface area (Å²) in [6.07, 6.45) is 1.89. The molecule has 1 aromatic rings. The lowest BCUT2D eigenvalue weighted by atomic mass is 10.2. The van der Waals surface area contributed by atoms with Crippen molar-refractivity contribution in [2.45, 2.75) is 12.5 Å². The summed E-state index contributed by atoms with van der Waals surface area (Å²) in [5.74, 6) is 0.667. The Morgan fingerprint density at radius 3 is 2.58 bits per heavy atom. The SMILES string of the molecule is CN1CCN(c2cc(C(=O)N(C)C3CCS(=O)(=O)C3)ncn2)CC1. The molecule has 9 heteroatoms. The van der Waals surface area contributed by atoms with Crippen molar-refractivity contribution in [1.29, 1.82) is 0 Å². The van der Waals surface area contributed by atoms with E-state index in [2.05, 4.69) is 26.8 Å². The van der Waals surface area contributed by atoms with Gasteiger partial charge in [-0.05, 0) is 13.5 Å². The molecule has 0 spiro atoms. The minimum absolute atomic E-state index is 0.0334. The average Bonchev–Trinajstić information content (AvgIpc) is 2.94. The zero-order valence-electron chi connectivity index (χ0n) is 14.1. The standard InChI is InChI=1S/C15H23N5O3S/c1-18-4-6-20(7-5-18)14-9-13(16-11-17-14)15(21)19(2)12-3-8-24(22,23)10-12/h9,11-12H,3-8,10H2,1-2H3. The molecular formula is C15H23N5O3S. The van der Waals surface area contributed by atoms with E-state index in [1.165, 1.54) is 11.2 Å². The summed E-state index contributed by atoms with van der Waals surface area (Å²) >= 11 is 0. The lowest BCUT2D eigenvalue weighted by Gasteiger charge is -2.33. The zero-order valence-corrected chi connectivity index (χ0v) is 14.9. The molecule has 0 bridgehead atoms. The minimum Gasteiger partial charge on any atom is -0.354 e. The van der Waals surface area contributed by atoms with Crippen molar-refractivity contribution in [3.8, 4) is 0 Å². The highest BCUT2D eigenvalue weighted by molar-refractivity contribution is 7.91. The van der Waals surface area contributed by atoms with Crippen LogP contribution in [0, 0.1) is 0 Å². The van der Waals surface area contributed by atoms with E-state index >= 15 is 0 Å². The van der Waals surface area contributed by atoms with Crippen molar-refractivity contribution >= 4 is 21.6 Å². The normalized spacial score (nSPS) is 24.1. The first-order valence-corrected chi connectivity index (χ1v) is 9.91. The molecule has 24 heavy (non-hydrogen) atoms. The Hall–Kier alpha value is -1.74. The van der Waals surface area contributed by atoms with Crippen LogP contribution in [0.25, 0.3) is 0 Å². The summed E-state index contributed by atoms with van der Waals surface area (Å²) in [7, 11) is 0.698. The summed E-state index contributed by atoms with van der Waals surface area (Å²) in [4.78, 5) is 26.9. The van der Waals surface area contributed by atoms with Gasteiger partial charge >= 0.3 is 0 Å². The zero-order chi connectivity index (χ0) is 17.3. The van der Waals surface area contributed by atoms with Crippen molar-refractivity contribution in [3.05, 3.63) is 18.1 Å². The highest BCUT2D eigenvalue weighted by atomic mass is 32.2. The molecule has 0 aliphatic carbocycles. The van der Waals surface area contributed by atoms with E-state index in [-0.39, 0.29) is 23.5 Å². The predicted octanol–water partition coefficient (Wildman–Crippen LogP) is -0.512. The first-order valence-electron chi connectivity index (χ1n) is 8.09. The van der Waals surface area contributed by atoms with Crippen molar-refractivity contribution in [3.63, 3.8) is 0 Å². The fourth-order valence-electron chi connectivity index (χ4n) is 3.10. The maximum Gasteiger partial charge on any atom is 0.272 e. The number of hydrogen-bond donors (Lipinski definition) is 0. The van der Waals surface area contributed by atoms with Crippen LogP contribution in [0.15, 0.2) is 12.4 Å². The maximum atomic E-state index is 12.6. The van der Waals surface area contributed by atoms with Gasteiger partial charge in [-0.3, -0.25) is 4.79 Å². The molecule has 0 aromatic carbocycles. The van der Waals surface area contributed by atoms with Crippen molar-refractivity contribution in [1.82, 2.24) is 19.8 Å². The molecule has 1 atom stereocenters. The number of anilines is 1. The van der Waals surface area contributed by atoms with E-state index < -0.39 is 9.84 Å². The first kappa shape index (κ1) is 17.1. The topological polar surface area (TPSA) is 86.7 Å². The fourth-order valence-corrected chi connectivity index (χ4v) is 4.87. The largest absolute Gasteiger partial charge is 0.354 e. The average molecular weight is 353 g/mol. The lowest BCUT2D eigenvalue weighted by Crippen LogP contribution is -2.45. The van der Waals surface area contributed by atoms with E-state index in [4.69, 9.17) is 0 Å². The van der Waals surface area contributed by atoms with Gasteiger partial charge in [0.1, 0.15) is 17.8 Å². The number of likely N-dealkylation sites (N-methyl/N-ethyl adjacent to an activating group) is 1. The van der Waals surface area contributed by atoms with Gasteiger partial charge in [0.15, 0.2) is 9.84 Å². The van der Waals surface area contributed by atoms with Crippen LogP contribution >= 0.6 is 0 Å². The Bertz CT molecular complexity index is 716. The van der Waals surface area contributed by atoms with Crippen molar-refractivity contribution < 1.29 is 13.2 Å². The number of hydrogen-bond acceptors (Lipinski definition) is 7. The van der Waals surface area contributed by atoms with Crippen molar-refractivity contribution in [2.75, 3.05) is 56.7 Å². The number of aromatic nitrogens is 2. The van der Waals surface area contributed by atoms with Gasteiger partial charge in [0.05, 0.1) is 11.5 Å². The summed E-state index contributed by atoms with van der Waals surface area (Å²) in [5, 5.41) is 0. The highest BCUT2D eigenvalue weighted by Gasteiger charge is 2.33. The highest BCUT2D eigenvalue weighted by Crippen LogP contribution is 2.19. The van der Waals surface area contributed by atoms with E-state index in [0.717, 1.165) is 32.0 Å². The molecular weight excluding hydrogens is 330 g/mol. The lowest BCUT2D eigenvalue weighted by molar-refractivity contribution is 0.0741. The Morgan fingerprint density at radius 1 is 1.25 bits per heavy atom. The van der Waals surface area contributed by atoms with Gasteiger partial charge in [0, 0.05) is 45.3 Å². The van der Waals surface area contributed by atoms with Crippen LogP contribution in [0.5, 0.6) is 0 Å². The Kier molecular flexibility index (Phi) is 4.73. The third-order valence-electron chi connectivity index (χ3n) is 4.78. The smallest absolute Gasteiger partial charge is 0.272 e. The number of carbonyl (C=O) groups is 1. The number of piperazine rings is 1. The summed E-state index contributed by atoms with van der Waals surface area (Å²) in [5.41, 5.74) is 0.311. The molecule has 1 aromatic heterocycles. The van der Waals surface area contributed by atoms with Gasteiger partial charge in [0.2, 0.25) is 0 Å². The molecule has 2 fully saturated rings. The van der Waals surface area contributed by atoms with E-state index in [1.807, 2.05) is 0 Å². The third kappa shape index (κ3) is 3.67. The number of rotatable bonds is 3. The van der Waals surface area contributed by atoms with Crippen LogP contribution in [0.1, 0.15) is 16.9 Å². The van der Waals surface area contributed by atoms with E-state index in [0.29, 0.717) is 12.1 Å². The van der Waals surface area contributed by atoms with Crippen LogP contribution in [0.2, 0.25) is 0 Å². The van der Waals surface area contributed by atoms with Crippen LogP contribution in [-0.2, 0) is 9.84 Å². The minimum atomic E-state index is -3.03. The van der Waals surface area contributed by atoms with Gasteiger partial charge in [-0.15, -0.1) is 0 Å². The molecule has 3 rings (SSSR count). The Labute approximate surface area is 142 Å². The first-order chi connectivity index (χ1) is 11.4. The molecule has 2 aliphatic heterocycles. The van der Waals surface area contributed by atoms with Crippen LogP contribution in [0.4, 0.5) is 5.82 Å². The molecule has 0 N–H and O–H groups in total. The molecule has 132 valence electrons. The number of nitrogens with zero attached hydrogens (tertiary/aromatic N) is 5. The Balaban J connectivity index is 1.72. The molecule has 0 saturated carbocycles.